The topological polar surface area (TPSA) is 179 Å². The van der Waals surface area contributed by atoms with Crippen LogP contribution < -0.4 is 16.0 Å². The number of benzene rings is 1. The molecule has 0 saturated carbocycles. The van der Waals surface area contributed by atoms with Gasteiger partial charge in [-0.1, -0.05) is 30.3 Å². The summed E-state index contributed by atoms with van der Waals surface area (Å²) in [6.45, 7) is 11.5. The maximum Gasteiger partial charge on any atom is 0.408 e. The van der Waals surface area contributed by atoms with Crippen molar-refractivity contribution in [2.75, 3.05) is 6.61 Å². The third-order valence-electron chi connectivity index (χ3n) is 4.58. The molecule has 4 atom stereocenters. The molecule has 0 spiro atoms. The number of alkyl carbamates (subject to hydrolysis) is 2. The lowest BCUT2D eigenvalue weighted by Gasteiger charge is -2.27. The highest BCUT2D eigenvalue weighted by atomic mass is 31.2. The summed E-state index contributed by atoms with van der Waals surface area (Å²) in [5.74, 6) is -3.05. The number of ether oxygens (including phenoxy) is 3. The number of amides is 3. The Kier molecular flexibility index (Phi) is 12.4. The fraction of sp³-hybridized carbons (Fsp3) is 0.600. The van der Waals surface area contributed by atoms with Crippen LogP contribution in [0.2, 0.25) is 0 Å². The molecule has 39 heavy (non-hydrogen) atoms. The molecule has 0 bridgehead atoms. The molecule has 0 fully saturated rings. The summed E-state index contributed by atoms with van der Waals surface area (Å²) >= 11 is 0. The molecule has 14 heteroatoms. The second kappa shape index (κ2) is 14.3. The van der Waals surface area contributed by atoms with Crippen LogP contribution in [0.15, 0.2) is 30.3 Å². The van der Waals surface area contributed by atoms with E-state index >= 15 is 0 Å². The van der Waals surface area contributed by atoms with E-state index in [2.05, 4.69) is 16.0 Å². The maximum atomic E-state index is 12.9. The Morgan fingerprint density at radius 3 is 1.97 bits per heavy atom. The van der Waals surface area contributed by atoms with Gasteiger partial charge in [-0.05, 0) is 61.0 Å². The molecule has 0 saturated heterocycles. The van der Waals surface area contributed by atoms with Crippen LogP contribution >= 0.6 is 7.60 Å². The summed E-state index contributed by atoms with van der Waals surface area (Å²) in [7, 11) is -4.57. The number of hydrogen-bond donors (Lipinski definition) is 4. The lowest BCUT2D eigenvalue weighted by molar-refractivity contribution is -0.158. The molecule has 0 heterocycles. The third kappa shape index (κ3) is 14.0. The van der Waals surface area contributed by atoms with Gasteiger partial charge in [0.25, 0.3) is 0 Å². The highest BCUT2D eigenvalue weighted by Gasteiger charge is 2.35. The van der Waals surface area contributed by atoms with Crippen molar-refractivity contribution in [3.05, 3.63) is 35.9 Å². The molecule has 1 aromatic rings. The summed E-state index contributed by atoms with van der Waals surface area (Å²) < 4.78 is 33.3. The third-order valence-corrected chi connectivity index (χ3v) is 6.21. The number of nitrogens with one attached hydrogen (secondary N) is 3. The van der Waals surface area contributed by atoms with Crippen molar-refractivity contribution < 1.29 is 47.4 Å². The molecule has 13 nitrogen and oxygen atoms in total. The van der Waals surface area contributed by atoms with Crippen LogP contribution in [-0.4, -0.2) is 64.6 Å². The van der Waals surface area contributed by atoms with Crippen LogP contribution in [0.4, 0.5) is 9.59 Å². The molecule has 0 aliphatic heterocycles. The van der Waals surface area contributed by atoms with Crippen molar-refractivity contribution in [1.82, 2.24) is 16.0 Å². The van der Waals surface area contributed by atoms with Gasteiger partial charge in [-0.15, -0.1) is 0 Å². The molecule has 0 aromatic heterocycles. The summed E-state index contributed by atoms with van der Waals surface area (Å²) in [6.07, 6.45) is -1.96. The smallest absolute Gasteiger partial charge is 0.408 e. The quantitative estimate of drug-likeness (QED) is 0.174. The van der Waals surface area contributed by atoms with Gasteiger partial charge in [-0.2, -0.15) is 0 Å². The Hall–Kier alpha value is -3.15. The van der Waals surface area contributed by atoms with Gasteiger partial charge in [0.05, 0.1) is 6.61 Å². The first kappa shape index (κ1) is 33.9. The van der Waals surface area contributed by atoms with Crippen LogP contribution in [0.25, 0.3) is 0 Å². The van der Waals surface area contributed by atoms with E-state index in [0.29, 0.717) is 5.56 Å². The highest BCUT2D eigenvalue weighted by molar-refractivity contribution is 7.53. The first-order chi connectivity index (χ1) is 17.8. The minimum atomic E-state index is -4.57. The molecule has 3 amide bonds. The summed E-state index contributed by atoms with van der Waals surface area (Å²) in [4.78, 5) is 59.9. The lowest BCUT2D eigenvalue weighted by Crippen LogP contribution is -2.54. The predicted octanol–water partition coefficient (Wildman–Crippen LogP) is 3.20. The number of esters is 1. The van der Waals surface area contributed by atoms with Crippen LogP contribution in [0, 0.1) is 0 Å². The molecule has 220 valence electrons. The van der Waals surface area contributed by atoms with E-state index in [0.717, 1.165) is 0 Å². The average Bonchev–Trinajstić information content (AvgIpc) is 2.78. The molecular formula is C25H40N3O10P. The number of hydrogen-bond acceptors (Lipinski definition) is 9. The van der Waals surface area contributed by atoms with E-state index in [1.807, 2.05) is 0 Å². The van der Waals surface area contributed by atoms with Crippen molar-refractivity contribution in [3.63, 3.8) is 0 Å². The Morgan fingerprint density at radius 1 is 0.872 bits per heavy atom. The van der Waals surface area contributed by atoms with Crippen molar-refractivity contribution >= 4 is 31.7 Å². The predicted molar refractivity (Wildman–Crippen MR) is 142 cm³/mol. The highest BCUT2D eigenvalue weighted by Crippen LogP contribution is 2.46. The summed E-state index contributed by atoms with van der Waals surface area (Å²) in [6, 6.07) is 6.16. The van der Waals surface area contributed by atoms with E-state index in [1.54, 1.807) is 71.9 Å². The van der Waals surface area contributed by atoms with Crippen LogP contribution in [0.1, 0.15) is 61.0 Å². The molecular weight excluding hydrogens is 533 g/mol. The van der Waals surface area contributed by atoms with E-state index in [1.165, 1.54) is 13.8 Å². The Bertz CT molecular complexity index is 1040. The maximum absolute atomic E-state index is 12.9. The fourth-order valence-electron chi connectivity index (χ4n) is 2.71. The summed E-state index contributed by atoms with van der Waals surface area (Å²) in [5, 5.41) is 6.85. The van der Waals surface area contributed by atoms with Crippen molar-refractivity contribution in [2.24, 2.45) is 0 Å². The number of carbonyl (C=O) groups excluding carboxylic acids is 4. The monoisotopic (exact) mass is 573 g/mol. The zero-order valence-electron chi connectivity index (χ0n) is 23.6. The molecule has 0 aliphatic carbocycles. The van der Waals surface area contributed by atoms with Crippen LogP contribution in [0.3, 0.4) is 0 Å². The van der Waals surface area contributed by atoms with Gasteiger partial charge in [0.2, 0.25) is 5.91 Å². The zero-order chi connectivity index (χ0) is 30.0. The normalized spacial score (nSPS) is 15.5. The number of carbonyl (C=O) groups is 4. The summed E-state index contributed by atoms with van der Waals surface area (Å²) in [5.41, 5.74) is -0.991. The van der Waals surface area contributed by atoms with Gasteiger partial charge in [-0.3, -0.25) is 9.36 Å². The van der Waals surface area contributed by atoms with Crippen LogP contribution in [0.5, 0.6) is 0 Å². The minimum Gasteiger partial charge on any atom is -0.458 e. The first-order valence-corrected chi connectivity index (χ1v) is 13.9. The largest absolute Gasteiger partial charge is 0.458 e. The zero-order valence-corrected chi connectivity index (χ0v) is 24.5. The molecule has 0 radical (unpaired) electrons. The SMILES string of the molecule is CC(NC(=O)OCc1ccccc1)P(=O)(O)OC[C@H](NC(=O)OC(C)(C)C)C(=O)N[C@@H](C)C(=O)OC(C)(C)C. The van der Waals surface area contributed by atoms with E-state index < -0.39 is 67.3 Å². The Morgan fingerprint density at radius 2 is 1.44 bits per heavy atom. The number of rotatable bonds is 11. The van der Waals surface area contributed by atoms with Gasteiger partial charge < -0.3 is 39.6 Å². The molecule has 0 aliphatic rings. The minimum absolute atomic E-state index is 0.0616. The van der Waals surface area contributed by atoms with Crippen molar-refractivity contribution in [2.45, 2.75) is 91.1 Å². The average molecular weight is 574 g/mol. The van der Waals surface area contributed by atoms with Gasteiger partial charge in [0, 0.05) is 0 Å². The Balaban J connectivity index is 2.85. The fourth-order valence-corrected chi connectivity index (χ4v) is 3.56. The van der Waals surface area contributed by atoms with Gasteiger partial charge in [0.1, 0.15) is 35.7 Å². The Labute approximate surface area is 228 Å². The van der Waals surface area contributed by atoms with Crippen LogP contribution in [-0.2, 0) is 39.5 Å². The van der Waals surface area contributed by atoms with E-state index in [4.69, 9.17) is 18.7 Å². The van der Waals surface area contributed by atoms with E-state index in [-0.39, 0.29) is 6.61 Å². The second-order valence-corrected chi connectivity index (χ2v) is 12.9. The molecule has 4 N–H and O–H groups in total. The molecule has 1 aromatic carbocycles. The second-order valence-electron chi connectivity index (χ2n) is 10.7. The van der Waals surface area contributed by atoms with Gasteiger partial charge >= 0.3 is 25.8 Å². The van der Waals surface area contributed by atoms with E-state index in [9.17, 15) is 28.6 Å². The standard InChI is InChI=1S/C25H40N3O10P/c1-16(21(30)37-24(3,4)5)26-20(29)19(28-23(32)38-25(6,7)8)15-36-39(33,34)17(2)27-22(31)35-14-18-12-10-9-11-13-18/h9-13,16-17,19H,14-15H2,1-8H3,(H,26,29)(H,27,31)(H,28,32)(H,33,34)/t16-,17?,19-/m0/s1. The molecule has 1 rings (SSSR count). The van der Waals surface area contributed by atoms with Crippen molar-refractivity contribution in [3.8, 4) is 0 Å². The van der Waals surface area contributed by atoms with Crippen molar-refractivity contribution in [1.29, 1.82) is 0 Å². The lowest BCUT2D eigenvalue weighted by atomic mass is 10.2. The first-order valence-electron chi connectivity index (χ1n) is 12.3. The molecule has 2 unspecified atom stereocenters. The van der Waals surface area contributed by atoms with Gasteiger partial charge in [0.15, 0.2) is 0 Å². The van der Waals surface area contributed by atoms with Gasteiger partial charge in [-0.25, -0.2) is 14.4 Å².